The van der Waals surface area contributed by atoms with Crippen LogP contribution in [-0.2, 0) is 9.53 Å². The van der Waals surface area contributed by atoms with Crippen LogP contribution in [0, 0.1) is 0 Å². The molecule has 0 radical (unpaired) electrons. The first-order valence-corrected chi connectivity index (χ1v) is 8.13. The number of hydrogen-bond acceptors (Lipinski definition) is 7. The maximum absolute atomic E-state index is 11.4. The van der Waals surface area contributed by atoms with Gasteiger partial charge in [0.1, 0.15) is 29.9 Å². The predicted octanol–water partition coefficient (Wildman–Crippen LogP) is -1.22. The van der Waals surface area contributed by atoms with Gasteiger partial charge >= 0.3 is 0 Å². The molecule has 0 spiro atoms. The molecule has 4 N–H and O–H groups in total. The molecule has 1 aliphatic rings. The van der Waals surface area contributed by atoms with Crippen molar-refractivity contribution in [1.82, 2.24) is 4.90 Å². The molecule has 1 heterocycles. The Morgan fingerprint density at radius 3 is 2.48 bits per heavy atom. The lowest BCUT2D eigenvalue weighted by molar-refractivity contribution is -0.205. The Hall–Kier alpha value is -0.380. The van der Waals surface area contributed by atoms with E-state index in [1.165, 1.54) is 11.8 Å². The van der Waals surface area contributed by atoms with Gasteiger partial charge in [-0.15, -0.1) is 11.8 Å². The van der Waals surface area contributed by atoms with E-state index in [1.54, 1.807) is 11.9 Å². The number of hydrogen-bond donors (Lipinski definition) is 4. The summed E-state index contributed by atoms with van der Waals surface area (Å²) < 4.78 is 5.38. The number of carbonyl (C=O) groups excluding carboxylic acids is 1. The van der Waals surface area contributed by atoms with Crippen LogP contribution in [0.25, 0.3) is 0 Å². The van der Waals surface area contributed by atoms with Crippen LogP contribution in [0.2, 0.25) is 0 Å². The van der Waals surface area contributed by atoms with Crippen LogP contribution in [0.5, 0.6) is 0 Å². The number of thioether (sulfide) groups is 1. The van der Waals surface area contributed by atoms with Crippen molar-refractivity contribution in [3.8, 4) is 0 Å². The third kappa shape index (κ3) is 5.08. The van der Waals surface area contributed by atoms with Gasteiger partial charge in [-0.1, -0.05) is 6.92 Å². The molecule has 1 saturated heterocycles. The van der Waals surface area contributed by atoms with Gasteiger partial charge in [0, 0.05) is 20.0 Å². The molecule has 0 aromatic carbocycles. The van der Waals surface area contributed by atoms with Gasteiger partial charge in [-0.3, -0.25) is 4.79 Å². The van der Waals surface area contributed by atoms with Gasteiger partial charge in [-0.2, -0.15) is 0 Å². The molecular formula is C13H25NO6S. The van der Waals surface area contributed by atoms with E-state index in [1.807, 2.05) is 6.92 Å². The Morgan fingerprint density at radius 1 is 1.24 bits per heavy atom. The lowest BCUT2D eigenvalue weighted by Gasteiger charge is -2.39. The van der Waals surface area contributed by atoms with Crippen molar-refractivity contribution in [1.29, 1.82) is 0 Å². The van der Waals surface area contributed by atoms with E-state index in [2.05, 4.69) is 0 Å². The second-order valence-electron chi connectivity index (χ2n) is 5.09. The Kier molecular flexibility index (Phi) is 7.93. The molecule has 1 rings (SSSR count). The predicted molar refractivity (Wildman–Crippen MR) is 78.8 cm³/mol. The van der Waals surface area contributed by atoms with Gasteiger partial charge in [-0.25, -0.2) is 0 Å². The van der Waals surface area contributed by atoms with E-state index in [0.29, 0.717) is 18.7 Å². The molecule has 5 atom stereocenters. The van der Waals surface area contributed by atoms with Crippen molar-refractivity contribution in [2.45, 2.75) is 49.6 Å². The highest BCUT2D eigenvalue weighted by atomic mass is 32.2. The Morgan fingerprint density at radius 2 is 1.90 bits per heavy atom. The molecule has 0 saturated carbocycles. The number of carbonyl (C=O) groups is 1. The molecule has 0 unspecified atom stereocenters. The Balaban J connectivity index is 2.35. The van der Waals surface area contributed by atoms with E-state index in [0.717, 1.165) is 6.42 Å². The molecule has 124 valence electrons. The summed E-state index contributed by atoms with van der Waals surface area (Å²) in [7, 11) is 1.74. The summed E-state index contributed by atoms with van der Waals surface area (Å²) in [5.41, 5.74) is -0.701. The fourth-order valence-electron chi connectivity index (χ4n) is 2.10. The van der Waals surface area contributed by atoms with E-state index in [9.17, 15) is 20.1 Å². The summed E-state index contributed by atoms with van der Waals surface area (Å²) >= 11 is 1.30. The van der Waals surface area contributed by atoms with Crippen LogP contribution in [-0.4, -0.2) is 87.0 Å². The summed E-state index contributed by atoms with van der Waals surface area (Å²) in [5.74, 6) is 0.706. The number of aliphatic hydroxyl groups is 4. The number of ether oxygens (including phenoxy) is 1. The molecule has 0 aromatic heterocycles. The third-order valence-corrected chi connectivity index (χ3v) is 4.74. The van der Waals surface area contributed by atoms with E-state index >= 15 is 0 Å². The van der Waals surface area contributed by atoms with Crippen LogP contribution in [0.3, 0.4) is 0 Å². The molecule has 1 fully saturated rings. The number of nitrogens with zero attached hydrogens (tertiary/aromatic N) is 1. The summed E-state index contributed by atoms with van der Waals surface area (Å²) in [6.45, 7) is 1.99. The van der Waals surface area contributed by atoms with Crippen LogP contribution in [0.15, 0.2) is 0 Å². The smallest absolute Gasteiger partial charge is 0.222 e. The van der Waals surface area contributed by atoms with Crippen molar-refractivity contribution in [3.05, 3.63) is 0 Å². The molecule has 8 heteroatoms. The normalized spacial score (nSPS) is 33.0. The quantitative estimate of drug-likeness (QED) is 0.435. The minimum Gasteiger partial charge on any atom is -0.394 e. The molecule has 0 aromatic rings. The first kappa shape index (κ1) is 18.7. The second-order valence-corrected chi connectivity index (χ2v) is 6.30. The third-order valence-electron chi connectivity index (χ3n) is 3.50. The van der Waals surface area contributed by atoms with E-state index < -0.39 is 36.5 Å². The molecule has 21 heavy (non-hydrogen) atoms. The van der Waals surface area contributed by atoms with Crippen LogP contribution in [0.4, 0.5) is 0 Å². The number of rotatable bonds is 7. The molecule has 1 aliphatic heterocycles. The maximum Gasteiger partial charge on any atom is 0.222 e. The lowest BCUT2D eigenvalue weighted by Crippen LogP contribution is -2.57. The van der Waals surface area contributed by atoms with Gasteiger partial charge in [0.15, 0.2) is 0 Å². The van der Waals surface area contributed by atoms with Crippen molar-refractivity contribution < 1.29 is 30.0 Å². The van der Waals surface area contributed by atoms with Crippen molar-refractivity contribution in [2.24, 2.45) is 0 Å². The van der Waals surface area contributed by atoms with Crippen LogP contribution >= 0.6 is 11.8 Å². The fraction of sp³-hybridized carbons (Fsp3) is 0.923. The highest BCUT2D eigenvalue weighted by molar-refractivity contribution is 7.99. The molecule has 0 aliphatic carbocycles. The summed E-state index contributed by atoms with van der Waals surface area (Å²) in [5, 5.41) is 38.3. The van der Waals surface area contributed by atoms with Crippen molar-refractivity contribution in [2.75, 3.05) is 26.0 Å². The van der Waals surface area contributed by atoms with Crippen molar-refractivity contribution >= 4 is 17.7 Å². The molecular weight excluding hydrogens is 298 g/mol. The van der Waals surface area contributed by atoms with Gasteiger partial charge < -0.3 is 30.1 Å². The average molecular weight is 323 g/mol. The fourth-order valence-corrected chi connectivity index (χ4v) is 3.21. The van der Waals surface area contributed by atoms with Crippen LogP contribution in [0.1, 0.15) is 19.8 Å². The lowest BCUT2D eigenvalue weighted by atomic mass is 10.0. The SMILES string of the molecule is CCC(=O)N(C)CCCS[C@@H]1O[C@H](CO)[C@@H](O)[C@H](O)[C@H]1O. The van der Waals surface area contributed by atoms with Gasteiger partial charge in [-0.05, 0) is 12.2 Å². The topological polar surface area (TPSA) is 110 Å². The summed E-state index contributed by atoms with van der Waals surface area (Å²) in [6, 6.07) is 0. The average Bonchev–Trinajstić information content (AvgIpc) is 2.49. The minimum absolute atomic E-state index is 0.0767. The zero-order valence-corrected chi connectivity index (χ0v) is 13.2. The first-order valence-electron chi connectivity index (χ1n) is 7.08. The van der Waals surface area contributed by atoms with E-state index in [-0.39, 0.29) is 5.91 Å². The first-order chi connectivity index (χ1) is 9.92. The van der Waals surface area contributed by atoms with E-state index in [4.69, 9.17) is 9.84 Å². The number of amides is 1. The second kappa shape index (κ2) is 8.92. The number of aliphatic hydroxyl groups excluding tert-OH is 4. The largest absolute Gasteiger partial charge is 0.394 e. The zero-order chi connectivity index (χ0) is 16.0. The summed E-state index contributed by atoms with van der Waals surface area (Å²) in [6.07, 6.45) is -3.54. The van der Waals surface area contributed by atoms with Gasteiger partial charge in [0.05, 0.1) is 6.61 Å². The maximum atomic E-state index is 11.4. The van der Waals surface area contributed by atoms with Crippen molar-refractivity contribution in [3.63, 3.8) is 0 Å². The minimum atomic E-state index is -1.34. The van der Waals surface area contributed by atoms with Crippen LogP contribution < -0.4 is 0 Å². The monoisotopic (exact) mass is 323 g/mol. The Labute approximate surface area is 128 Å². The van der Waals surface area contributed by atoms with Gasteiger partial charge in [0.2, 0.25) is 5.91 Å². The Bertz CT molecular complexity index is 330. The zero-order valence-electron chi connectivity index (χ0n) is 12.4. The molecule has 7 nitrogen and oxygen atoms in total. The highest BCUT2D eigenvalue weighted by Crippen LogP contribution is 2.28. The summed E-state index contributed by atoms with van der Waals surface area (Å²) in [4.78, 5) is 13.0. The molecule has 1 amide bonds. The van der Waals surface area contributed by atoms with Gasteiger partial charge in [0.25, 0.3) is 0 Å². The molecule has 0 bridgehead atoms. The highest BCUT2D eigenvalue weighted by Gasteiger charge is 2.43. The standard InChI is InChI=1S/C13H25NO6S/c1-3-9(16)14(2)5-4-6-21-13-12(19)11(18)10(17)8(7-15)20-13/h8,10-13,15,17-19H,3-7H2,1-2H3/t8-,10-,11+,12-,13+/m1/s1.